The number of nitrogens with zero attached hydrogens (tertiary/aromatic N) is 2. The molecule has 4 heteroatoms. The maximum Gasteiger partial charge on any atom is 0.208 e. The fraction of sp³-hybridized carbons (Fsp3) is 0.800. The van der Waals surface area contributed by atoms with Crippen molar-refractivity contribution in [3.05, 3.63) is 5.82 Å². The molecule has 1 aliphatic rings. The minimum absolute atomic E-state index is 0.687. The molecular weight excluding hydrogens is 194 g/mol. The van der Waals surface area contributed by atoms with Gasteiger partial charge in [-0.05, 0) is 19.3 Å². The molecule has 14 heavy (non-hydrogen) atoms. The van der Waals surface area contributed by atoms with Crippen LogP contribution in [0, 0.1) is 0 Å². The fourth-order valence-electron chi connectivity index (χ4n) is 1.38. The van der Waals surface area contributed by atoms with E-state index < -0.39 is 0 Å². The van der Waals surface area contributed by atoms with E-state index in [1.54, 1.807) is 11.8 Å². The Morgan fingerprint density at radius 2 is 2.29 bits per heavy atom. The lowest BCUT2D eigenvalue weighted by Gasteiger charge is -1.94. The lowest BCUT2D eigenvalue weighted by molar-refractivity contribution is 0.777. The molecule has 0 unspecified atom stereocenters. The molecule has 78 valence electrons. The van der Waals surface area contributed by atoms with Gasteiger partial charge in [-0.3, -0.25) is 5.10 Å². The molecule has 1 aliphatic carbocycles. The number of H-pyrrole nitrogens is 1. The zero-order chi connectivity index (χ0) is 9.80. The van der Waals surface area contributed by atoms with E-state index in [4.69, 9.17) is 0 Å². The van der Waals surface area contributed by atoms with Gasteiger partial charge in [-0.1, -0.05) is 31.5 Å². The molecule has 3 nitrogen and oxygen atoms in total. The summed E-state index contributed by atoms with van der Waals surface area (Å²) in [5.74, 6) is 2.94. The van der Waals surface area contributed by atoms with Crippen LogP contribution >= 0.6 is 11.8 Å². The summed E-state index contributed by atoms with van der Waals surface area (Å²) in [5, 5.41) is 8.16. The molecular formula is C10H17N3S. The van der Waals surface area contributed by atoms with Crippen molar-refractivity contribution in [3.63, 3.8) is 0 Å². The highest BCUT2D eigenvalue weighted by Crippen LogP contribution is 2.38. The Bertz CT molecular complexity index is 281. The van der Waals surface area contributed by atoms with Gasteiger partial charge in [0.25, 0.3) is 0 Å². The summed E-state index contributed by atoms with van der Waals surface area (Å²) < 4.78 is 0. The van der Waals surface area contributed by atoms with Gasteiger partial charge in [0.15, 0.2) is 0 Å². The van der Waals surface area contributed by atoms with Gasteiger partial charge in [-0.2, -0.15) is 0 Å². The molecule has 0 spiro atoms. The smallest absolute Gasteiger partial charge is 0.208 e. The molecule has 1 N–H and O–H groups in total. The molecule has 0 saturated heterocycles. The van der Waals surface area contributed by atoms with Gasteiger partial charge in [0, 0.05) is 11.7 Å². The largest absolute Gasteiger partial charge is 0.262 e. The van der Waals surface area contributed by atoms with E-state index in [2.05, 4.69) is 22.1 Å². The van der Waals surface area contributed by atoms with Crippen LogP contribution in [-0.4, -0.2) is 20.9 Å². The van der Waals surface area contributed by atoms with Crippen LogP contribution in [0.1, 0.15) is 50.8 Å². The summed E-state index contributed by atoms with van der Waals surface area (Å²) in [6, 6.07) is 0. The SMILES string of the molecule is CCCCCSc1n[nH]c(C2CC2)n1. The Labute approximate surface area is 89.1 Å². The molecule has 0 amide bonds. The van der Waals surface area contributed by atoms with Gasteiger partial charge in [0.2, 0.25) is 5.16 Å². The van der Waals surface area contributed by atoms with E-state index in [1.807, 2.05) is 0 Å². The minimum Gasteiger partial charge on any atom is -0.262 e. The number of rotatable bonds is 6. The maximum absolute atomic E-state index is 4.47. The number of aromatic nitrogens is 3. The van der Waals surface area contributed by atoms with E-state index in [-0.39, 0.29) is 0 Å². The number of hydrogen-bond acceptors (Lipinski definition) is 3. The van der Waals surface area contributed by atoms with Crippen LogP contribution in [0.2, 0.25) is 0 Å². The molecule has 2 rings (SSSR count). The van der Waals surface area contributed by atoms with Crippen LogP contribution in [0.3, 0.4) is 0 Å². The van der Waals surface area contributed by atoms with Crippen molar-refractivity contribution in [2.24, 2.45) is 0 Å². The van der Waals surface area contributed by atoms with E-state index in [0.717, 1.165) is 16.7 Å². The third-order valence-corrected chi connectivity index (χ3v) is 3.36. The molecule has 1 fully saturated rings. The predicted molar refractivity (Wildman–Crippen MR) is 58.6 cm³/mol. The van der Waals surface area contributed by atoms with Gasteiger partial charge >= 0.3 is 0 Å². The summed E-state index contributed by atoms with van der Waals surface area (Å²) in [7, 11) is 0. The number of thioether (sulfide) groups is 1. The lowest BCUT2D eigenvalue weighted by Crippen LogP contribution is -1.82. The van der Waals surface area contributed by atoms with Crippen LogP contribution in [0.15, 0.2) is 5.16 Å². The highest BCUT2D eigenvalue weighted by Gasteiger charge is 2.26. The first-order chi connectivity index (χ1) is 6.90. The van der Waals surface area contributed by atoms with Crippen molar-refractivity contribution >= 4 is 11.8 Å². The van der Waals surface area contributed by atoms with Gasteiger partial charge in [-0.15, -0.1) is 5.10 Å². The monoisotopic (exact) mass is 211 g/mol. The second kappa shape index (κ2) is 4.82. The van der Waals surface area contributed by atoms with Crippen molar-refractivity contribution in [2.45, 2.75) is 50.1 Å². The number of unbranched alkanes of at least 4 members (excludes halogenated alkanes) is 2. The first-order valence-corrected chi connectivity index (χ1v) is 6.44. The number of nitrogens with one attached hydrogen (secondary N) is 1. The topological polar surface area (TPSA) is 41.6 Å². The van der Waals surface area contributed by atoms with Crippen LogP contribution < -0.4 is 0 Å². The molecule has 0 aromatic carbocycles. The molecule has 1 aromatic heterocycles. The van der Waals surface area contributed by atoms with Crippen LogP contribution in [0.5, 0.6) is 0 Å². The molecule has 1 aromatic rings. The van der Waals surface area contributed by atoms with E-state index >= 15 is 0 Å². The maximum atomic E-state index is 4.47. The highest BCUT2D eigenvalue weighted by atomic mass is 32.2. The number of aromatic amines is 1. The summed E-state index contributed by atoms with van der Waals surface area (Å²) in [6.45, 7) is 2.22. The van der Waals surface area contributed by atoms with E-state index in [9.17, 15) is 0 Å². The molecule has 0 atom stereocenters. The zero-order valence-electron chi connectivity index (χ0n) is 8.62. The van der Waals surface area contributed by atoms with Gasteiger partial charge in [0.1, 0.15) is 5.82 Å². The summed E-state index contributed by atoms with van der Waals surface area (Å²) in [4.78, 5) is 4.47. The second-order valence-corrected chi connectivity index (χ2v) is 4.90. The molecule has 1 heterocycles. The Balaban J connectivity index is 1.72. The van der Waals surface area contributed by atoms with Crippen LogP contribution in [0.25, 0.3) is 0 Å². The van der Waals surface area contributed by atoms with Gasteiger partial charge in [-0.25, -0.2) is 4.98 Å². The predicted octanol–water partition coefficient (Wildman–Crippen LogP) is 2.96. The van der Waals surface area contributed by atoms with Crippen LogP contribution in [0.4, 0.5) is 0 Å². The average molecular weight is 211 g/mol. The van der Waals surface area contributed by atoms with E-state index in [1.165, 1.54) is 32.1 Å². The zero-order valence-corrected chi connectivity index (χ0v) is 9.44. The van der Waals surface area contributed by atoms with Crippen molar-refractivity contribution in [1.29, 1.82) is 0 Å². The van der Waals surface area contributed by atoms with Gasteiger partial charge in [0.05, 0.1) is 0 Å². The summed E-state index contributed by atoms with van der Waals surface area (Å²) in [5.41, 5.74) is 0. The Morgan fingerprint density at radius 3 is 3.00 bits per heavy atom. The second-order valence-electron chi connectivity index (χ2n) is 3.83. The molecule has 0 radical (unpaired) electrons. The van der Waals surface area contributed by atoms with Crippen molar-refractivity contribution in [2.75, 3.05) is 5.75 Å². The molecule has 0 aliphatic heterocycles. The Morgan fingerprint density at radius 1 is 1.43 bits per heavy atom. The first kappa shape index (κ1) is 10.0. The fourth-order valence-corrected chi connectivity index (χ4v) is 2.18. The van der Waals surface area contributed by atoms with E-state index in [0.29, 0.717) is 5.92 Å². The summed E-state index contributed by atoms with van der Waals surface area (Å²) >= 11 is 1.77. The third kappa shape index (κ3) is 2.74. The highest BCUT2D eigenvalue weighted by molar-refractivity contribution is 7.99. The normalized spacial score (nSPS) is 16.1. The standard InChI is InChI=1S/C10H17N3S/c1-2-3-4-7-14-10-11-9(12-13-10)8-5-6-8/h8H,2-7H2,1H3,(H,11,12,13). The first-order valence-electron chi connectivity index (χ1n) is 5.45. The van der Waals surface area contributed by atoms with Gasteiger partial charge < -0.3 is 0 Å². The molecule has 0 bridgehead atoms. The summed E-state index contributed by atoms with van der Waals surface area (Å²) in [6.07, 6.45) is 6.44. The van der Waals surface area contributed by atoms with Crippen molar-refractivity contribution in [1.82, 2.24) is 15.2 Å². The molecule has 1 saturated carbocycles. The van der Waals surface area contributed by atoms with Crippen molar-refractivity contribution < 1.29 is 0 Å². The number of hydrogen-bond donors (Lipinski definition) is 1. The Hall–Kier alpha value is -0.510. The van der Waals surface area contributed by atoms with Crippen molar-refractivity contribution in [3.8, 4) is 0 Å². The van der Waals surface area contributed by atoms with Crippen LogP contribution in [-0.2, 0) is 0 Å². The third-order valence-electron chi connectivity index (χ3n) is 2.43. The Kier molecular flexibility index (Phi) is 3.45. The quantitative estimate of drug-likeness (QED) is 0.581. The lowest BCUT2D eigenvalue weighted by atomic mass is 10.3. The minimum atomic E-state index is 0.687. The average Bonchev–Trinajstić information content (AvgIpc) is 2.94.